The second-order valence-corrected chi connectivity index (χ2v) is 3.72. The van der Waals surface area contributed by atoms with Crippen molar-refractivity contribution in [3.63, 3.8) is 0 Å². The van der Waals surface area contributed by atoms with Gasteiger partial charge in [-0.25, -0.2) is 4.79 Å². The molecular formula is C9H19NO3. The van der Waals surface area contributed by atoms with Crippen LogP contribution in [0.2, 0.25) is 0 Å². The van der Waals surface area contributed by atoms with Crippen LogP contribution in [-0.4, -0.2) is 23.4 Å². The summed E-state index contributed by atoms with van der Waals surface area (Å²) in [5.41, 5.74) is 4.42. The van der Waals surface area contributed by atoms with Crippen LogP contribution in [0.5, 0.6) is 0 Å². The van der Waals surface area contributed by atoms with E-state index in [4.69, 9.17) is 15.6 Å². The first kappa shape index (κ1) is 12.2. The molecule has 0 atom stereocenters. The highest BCUT2D eigenvalue weighted by Gasteiger charge is 2.20. The highest BCUT2D eigenvalue weighted by Crippen LogP contribution is 2.18. The number of rotatable bonds is 6. The van der Waals surface area contributed by atoms with E-state index in [2.05, 4.69) is 0 Å². The van der Waals surface area contributed by atoms with Crippen molar-refractivity contribution in [2.75, 3.05) is 6.61 Å². The minimum atomic E-state index is -0.729. The fraction of sp³-hybridized carbons (Fsp3) is 0.889. The van der Waals surface area contributed by atoms with Crippen LogP contribution in [0.25, 0.3) is 0 Å². The molecule has 0 bridgehead atoms. The Balaban J connectivity index is 3.56. The van der Waals surface area contributed by atoms with Gasteiger partial charge in [0.1, 0.15) is 5.60 Å². The van der Waals surface area contributed by atoms with Crippen LogP contribution < -0.4 is 5.73 Å². The van der Waals surface area contributed by atoms with Crippen LogP contribution >= 0.6 is 0 Å². The topological polar surface area (TPSA) is 72.6 Å². The predicted molar refractivity (Wildman–Crippen MR) is 50.3 cm³/mol. The highest BCUT2D eigenvalue weighted by molar-refractivity contribution is 5.65. The number of amides is 1. The third kappa shape index (κ3) is 7.59. The molecule has 0 heterocycles. The van der Waals surface area contributed by atoms with Crippen molar-refractivity contribution < 1.29 is 14.6 Å². The number of carbonyl (C=O) groups is 1. The summed E-state index contributed by atoms with van der Waals surface area (Å²) in [6.45, 7) is 3.88. The second-order valence-electron chi connectivity index (χ2n) is 3.72. The molecule has 0 rings (SSSR count). The van der Waals surface area contributed by atoms with E-state index in [-0.39, 0.29) is 6.61 Å². The van der Waals surface area contributed by atoms with Gasteiger partial charge < -0.3 is 15.6 Å². The van der Waals surface area contributed by atoms with Gasteiger partial charge in [0.05, 0.1) is 0 Å². The second kappa shape index (κ2) is 5.80. The Morgan fingerprint density at radius 3 is 2.46 bits per heavy atom. The molecule has 13 heavy (non-hydrogen) atoms. The van der Waals surface area contributed by atoms with Crippen molar-refractivity contribution in [1.82, 2.24) is 0 Å². The van der Waals surface area contributed by atoms with Gasteiger partial charge in [0.25, 0.3) is 0 Å². The number of carbonyl (C=O) groups excluding carboxylic acids is 1. The summed E-state index contributed by atoms with van der Waals surface area (Å²) >= 11 is 0. The molecule has 0 aliphatic carbocycles. The molecule has 0 aromatic heterocycles. The number of nitrogens with two attached hydrogens (primary N) is 1. The average molecular weight is 189 g/mol. The third-order valence-corrected chi connectivity index (χ3v) is 1.81. The van der Waals surface area contributed by atoms with Gasteiger partial charge in [-0.1, -0.05) is 6.42 Å². The van der Waals surface area contributed by atoms with Gasteiger partial charge in [-0.15, -0.1) is 0 Å². The summed E-state index contributed by atoms with van der Waals surface area (Å²) in [5, 5.41) is 8.54. The summed E-state index contributed by atoms with van der Waals surface area (Å²) < 4.78 is 4.89. The van der Waals surface area contributed by atoms with Crippen LogP contribution in [0.3, 0.4) is 0 Å². The van der Waals surface area contributed by atoms with E-state index in [1.54, 1.807) is 0 Å². The quantitative estimate of drug-likeness (QED) is 0.620. The van der Waals surface area contributed by atoms with E-state index in [1.165, 1.54) is 0 Å². The molecule has 0 fully saturated rings. The predicted octanol–water partition coefficient (Wildman–Crippen LogP) is 1.41. The lowest BCUT2D eigenvalue weighted by molar-refractivity contribution is 0.0369. The zero-order valence-electron chi connectivity index (χ0n) is 8.38. The molecule has 1 amide bonds. The number of aliphatic hydroxyl groups is 1. The molecule has 0 aliphatic heterocycles. The molecule has 4 heteroatoms. The molecule has 3 N–H and O–H groups in total. The molecule has 0 radical (unpaired) electrons. The normalized spacial score (nSPS) is 11.3. The molecule has 0 unspecified atom stereocenters. The van der Waals surface area contributed by atoms with Gasteiger partial charge in [0.15, 0.2) is 0 Å². The van der Waals surface area contributed by atoms with Crippen molar-refractivity contribution in [2.45, 2.75) is 45.1 Å². The minimum Gasteiger partial charge on any atom is -0.444 e. The molecular weight excluding hydrogens is 170 g/mol. The van der Waals surface area contributed by atoms with Crippen LogP contribution in [0.4, 0.5) is 4.79 Å². The van der Waals surface area contributed by atoms with Crippen molar-refractivity contribution in [2.24, 2.45) is 5.73 Å². The van der Waals surface area contributed by atoms with Gasteiger partial charge in [-0.3, -0.25) is 0 Å². The lowest BCUT2D eigenvalue weighted by Crippen LogP contribution is -2.30. The number of hydrogen-bond donors (Lipinski definition) is 2. The maximum Gasteiger partial charge on any atom is 0.405 e. The summed E-state index contributed by atoms with van der Waals surface area (Å²) in [7, 11) is 0. The van der Waals surface area contributed by atoms with Crippen molar-refractivity contribution in [1.29, 1.82) is 0 Å². The third-order valence-electron chi connectivity index (χ3n) is 1.81. The van der Waals surface area contributed by atoms with Gasteiger partial charge in [0, 0.05) is 6.61 Å². The summed E-state index contributed by atoms with van der Waals surface area (Å²) in [4.78, 5) is 10.5. The minimum absolute atomic E-state index is 0.219. The smallest absolute Gasteiger partial charge is 0.405 e. The van der Waals surface area contributed by atoms with Crippen molar-refractivity contribution in [3.8, 4) is 0 Å². The fourth-order valence-electron chi connectivity index (χ4n) is 1.16. The van der Waals surface area contributed by atoms with Crippen LogP contribution in [0, 0.1) is 0 Å². The Morgan fingerprint density at radius 1 is 1.38 bits per heavy atom. The largest absolute Gasteiger partial charge is 0.444 e. The molecule has 0 spiro atoms. The van der Waals surface area contributed by atoms with Crippen molar-refractivity contribution >= 4 is 6.09 Å². The van der Waals surface area contributed by atoms with Crippen LogP contribution in [0.1, 0.15) is 39.5 Å². The molecule has 0 saturated heterocycles. The average Bonchev–Trinajstić information content (AvgIpc) is 1.95. The lowest BCUT2D eigenvalue weighted by Gasteiger charge is -2.23. The van der Waals surface area contributed by atoms with E-state index in [9.17, 15) is 4.79 Å². The standard InChI is InChI=1S/C9H19NO3/c1-9(2,13-8(10)12)6-4-3-5-7-11/h11H,3-7H2,1-2H3,(H2,10,12). The first-order chi connectivity index (χ1) is 5.98. The molecule has 4 nitrogen and oxygen atoms in total. The SMILES string of the molecule is CC(C)(CCCCCO)OC(N)=O. The first-order valence-corrected chi connectivity index (χ1v) is 4.57. The van der Waals surface area contributed by atoms with Gasteiger partial charge in [-0.2, -0.15) is 0 Å². The monoisotopic (exact) mass is 189 g/mol. The summed E-state index contributed by atoms with van der Waals surface area (Å²) in [6, 6.07) is 0. The van der Waals surface area contributed by atoms with E-state index < -0.39 is 11.7 Å². The number of hydrogen-bond acceptors (Lipinski definition) is 3. The number of aliphatic hydroxyl groups excluding tert-OH is 1. The van der Waals surface area contributed by atoms with E-state index >= 15 is 0 Å². The molecule has 0 saturated carbocycles. The van der Waals surface area contributed by atoms with Crippen LogP contribution in [0.15, 0.2) is 0 Å². The first-order valence-electron chi connectivity index (χ1n) is 4.57. The molecule has 0 aromatic rings. The molecule has 78 valence electrons. The Bertz CT molecular complexity index is 157. The van der Waals surface area contributed by atoms with Gasteiger partial charge in [0.2, 0.25) is 0 Å². The van der Waals surface area contributed by atoms with E-state index in [0.717, 1.165) is 25.7 Å². The maximum absolute atomic E-state index is 10.5. The lowest BCUT2D eigenvalue weighted by atomic mass is 10.0. The van der Waals surface area contributed by atoms with Crippen molar-refractivity contribution in [3.05, 3.63) is 0 Å². The number of unbranched alkanes of at least 4 members (excludes halogenated alkanes) is 2. The Morgan fingerprint density at radius 2 is 2.00 bits per heavy atom. The Kier molecular flexibility index (Phi) is 5.46. The molecule has 0 aromatic carbocycles. The fourth-order valence-corrected chi connectivity index (χ4v) is 1.16. The number of primary amides is 1. The molecule has 0 aliphatic rings. The highest BCUT2D eigenvalue weighted by atomic mass is 16.6. The van der Waals surface area contributed by atoms with E-state index in [0.29, 0.717) is 0 Å². The summed E-state index contributed by atoms with van der Waals surface area (Å²) in [6.07, 6.45) is 2.72. The van der Waals surface area contributed by atoms with Gasteiger partial charge in [-0.05, 0) is 33.1 Å². The van der Waals surface area contributed by atoms with E-state index in [1.807, 2.05) is 13.8 Å². The summed E-state index contributed by atoms with van der Waals surface area (Å²) in [5.74, 6) is 0. The number of ether oxygens (including phenoxy) is 1. The Hall–Kier alpha value is -0.770. The maximum atomic E-state index is 10.5. The van der Waals surface area contributed by atoms with Crippen LogP contribution in [-0.2, 0) is 4.74 Å². The zero-order chi connectivity index (χ0) is 10.3. The van der Waals surface area contributed by atoms with Gasteiger partial charge >= 0.3 is 6.09 Å². The Labute approximate surface area is 79.1 Å². The zero-order valence-corrected chi connectivity index (χ0v) is 8.38.